The van der Waals surface area contributed by atoms with E-state index in [4.69, 9.17) is 4.52 Å². The molecule has 1 heterocycles. The Hall–Kier alpha value is -0.860. The standard InChI is InChI=1S/C8H8FNO/c9-8-3-7(4-8,5-8)6-1-2-11-10-6/h1-2H,3-5H2. The van der Waals surface area contributed by atoms with Crippen LogP contribution in [-0.4, -0.2) is 10.8 Å². The van der Waals surface area contributed by atoms with Crippen molar-refractivity contribution >= 4 is 0 Å². The zero-order chi connectivity index (χ0) is 7.53. The Morgan fingerprint density at radius 3 is 2.64 bits per heavy atom. The number of rotatable bonds is 1. The van der Waals surface area contributed by atoms with Gasteiger partial charge in [-0.2, -0.15) is 0 Å². The number of halogens is 1. The van der Waals surface area contributed by atoms with Gasteiger partial charge in [-0.15, -0.1) is 0 Å². The average molecular weight is 153 g/mol. The lowest BCUT2D eigenvalue weighted by molar-refractivity contribution is -0.160. The van der Waals surface area contributed by atoms with Crippen molar-refractivity contribution in [2.45, 2.75) is 30.3 Å². The molecule has 0 N–H and O–H groups in total. The van der Waals surface area contributed by atoms with Gasteiger partial charge in [-0.05, 0) is 19.3 Å². The molecule has 0 aromatic carbocycles. The number of hydrogen-bond donors (Lipinski definition) is 0. The molecular weight excluding hydrogens is 145 g/mol. The predicted octanol–water partition coefficient (Wildman–Crippen LogP) is 1.82. The molecule has 3 heteroatoms. The summed E-state index contributed by atoms with van der Waals surface area (Å²) in [5, 5.41) is 3.84. The monoisotopic (exact) mass is 153 g/mol. The largest absolute Gasteiger partial charge is 0.364 e. The third-order valence-corrected chi connectivity index (χ3v) is 2.95. The molecule has 2 bridgehead atoms. The molecule has 0 amide bonds. The number of hydrogen-bond acceptors (Lipinski definition) is 2. The molecular formula is C8H8FNO. The van der Waals surface area contributed by atoms with Crippen molar-refractivity contribution in [1.82, 2.24) is 5.16 Å². The summed E-state index contributed by atoms with van der Waals surface area (Å²) in [4.78, 5) is 0. The van der Waals surface area contributed by atoms with Crippen LogP contribution in [0.4, 0.5) is 4.39 Å². The SMILES string of the molecule is FC12CC(c3ccon3)(C1)C2. The van der Waals surface area contributed by atoms with Crippen LogP contribution in [0.1, 0.15) is 25.0 Å². The van der Waals surface area contributed by atoms with E-state index in [0.29, 0.717) is 19.3 Å². The van der Waals surface area contributed by atoms with E-state index >= 15 is 0 Å². The Balaban J connectivity index is 1.94. The Bertz CT molecular complexity index is 273. The number of alkyl halides is 1. The highest BCUT2D eigenvalue weighted by atomic mass is 19.1. The molecule has 3 fully saturated rings. The van der Waals surface area contributed by atoms with Crippen LogP contribution in [0, 0.1) is 0 Å². The lowest BCUT2D eigenvalue weighted by Gasteiger charge is -2.64. The lowest BCUT2D eigenvalue weighted by atomic mass is 9.41. The minimum atomic E-state index is -0.834. The van der Waals surface area contributed by atoms with Gasteiger partial charge in [0.1, 0.15) is 11.9 Å². The zero-order valence-corrected chi connectivity index (χ0v) is 6.01. The Morgan fingerprint density at radius 1 is 1.45 bits per heavy atom. The predicted molar refractivity (Wildman–Crippen MR) is 35.9 cm³/mol. The topological polar surface area (TPSA) is 26.0 Å². The van der Waals surface area contributed by atoms with Crippen LogP contribution in [0.5, 0.6) is 0 Å². The first-order valence-corrected chi connectivity index (χ1v) is 3.82. The van der Waals surface area contributed by atoms with Crippen molar-refractivity contribution < 1.29 is 8.91 Å². The van der Waals surface area contributed by atoms with E-state index in [1.807, 2.05) is 6.07 Å². The molecule has 0 spiro atoms. The van der Waals surface area contributed by atoms with Crippen molar-refractivity contribution in [1.29, 1.82) is 0 Å². The van der Waals surface area contributed by atoms with Crippen LogP contribution in [0.2, 0.25) is 0 Å². The molecule has 2 nitrogen and oxygen atoms in total. The van der Waals surface area contributed by atoms with Gasteiger partial charge in [0.15, 0.2) is 0 Å². The van der Waals surface area contributed by atoms with Crippen LogP contribution < -0.4 is 0 Å². The fraction of sp³-hybridized carbons (Fsp3) is 0.625. The second-order valence-electron chi connectivity index (χ2n) is 3.85. The summed E-state index contributed by atoms with van der Waals surface area (Å²) in [6, 6.07) is 1.85. The Labute approximate surface area is 63.4 Å². The fourth-order valence-electron chi connectivity index (χ4n) is 2.42. The summed E-state index contributed by atoms with van der Waals surface area (Å²) in [5.74, 6) is 0. The highest BCUT2D eigenvalue weighted by Crippen LogP contribution is 2.69. The van der Waals surface area contributed by atoms with Gasteiger partial charge in [0.25, 0.3) is 0 Å². The molecule has 0 saturated heterocycles. The quantitative estimate of drug-likeness (QED) is 0.615. The Morgan fingerprint density at radius 2 is 2.18 bits per heavy atom. The van der Waals surface area contributed by atoms with Gasteiger partial charge in [0, 0.05) is 11.5 Å². The van der Waals surface area contributed by atoms with Crippen molar-refractivity contribution in [2.75, 3.05) is 0 Å². The highest BCUT2D eigenvalue weighted by Gasteiger charge is 2.70. The maximum atomic E-state index is 13.0. The summed E-state index contributed by atoms with van der Waals surface area (Å²) in [6.45, 7) is 0. The van der Waals surface area contributed by atoms with Gasteiger partial charge in [0.2, 0.25) is 0 Å². The molecule has 4 rings (SSSR count). The molecule has 0 atom stereocenters. The number of aromatic nitrogens is 1. The molecule has 3 aliphatic carbocycles. The molecule has 0 unspecified atom stereocenters. The van der Waals surface area contributed by atoms with Gasteiger partial charge in [0.05, 0.1) is 5.69 Å². The molecule has 3 aliphatic rings. The van der Waals surface area contributed by atoms with E-state index < -0.39 is 5.67 Å². The smallest absolute Gasteiger partial charge is 0.124 e. The second kappa shape index (κ2) is 1.36. The summed E-state index contributed by atoms with van der Waals surface area (Å²) in [7, 11) is 0. The van der Waals surface area contributed by atoms with Crippen LogP contribution in [0.15, 0.2) is 16.9 Å². The van der Waals surface area contributed by atoms with E-state index in [1.54, 1.807) is 6.26 Å². The first-order valence-electron chi connectivity index (χ1n) is 3.82. The summed E-state index contributed by atoms with van der Waals surface area (Å²) < 4.78 is 17.8. The lowest BCUT2D eigenvalue weighted by Crippen LogP contribution is -2.67. The van der Waals surface area contributed by atoms with E-state index in [-0.39, 0.29) is 5.41 Å². The van der Waals surface area contributed by atoms with Gasteiger partial charge in [-0.3, -0.25) is 0 Å². The normalized spacial score (nSPS) is 46.3. The minimum Gasteiger partial charge on any atom is -0.364 e. The molecule has 0 aliphatic heterocycles. The fourth-order valence-corrected chi connectivity index (χ4v) is 2.42. The van der Waals surface area contributed by atoms with Gasteiger partial charge < -0.3 is 4.52 Å². The second-order valence-corrected chi connectivity index (χ2v) is 3.85. The van der Waals surface area contributed by atoms with Gasteiger partial charge >= 0.3 is 0 Å². The highest BCUT2D eigenvalue weighted by molar-refractivity contribution is 5.34. The van der Waals surface area contributed by atoms with Crippen molar-refractivity contribution in [3.8, 4) is 0 Å². The number of nitrogens with zero attached hydrogens (tertiary/aromatic N) is 1. The molecule has 11 heavy (non-hydrogen) atoms. The van der Waals surface area contributed by atoms with Crippen LogP contribution in [0.25, 0.3) is 0 Å². The first kappa shape index (κ1) is 5.75. The van der Waals surface area contributed by atoms with E-state index in [2.05, 4.69) is 5.16 Å². The molecule has 3 saturated carbocycles. The first-order chi connectivity index (χ1) is 5.23. The van der Waals surface area contributed by atoms with E-state index in [9.17, 15) is 4.39 Å². The maximum Gasteiger partial charge on any atom is 0.124 e. The molecule has 1 aromatic heterocycles. The van der Waals surface area contributed by atoms with E-state index in [1.165, 1.54) is 0 Å². The van der Waals surface area contributed by atoms with Gasteiger partial charge in [-0.25, -0.2) is 4.39 Å². The minimum absolute atomic E-state index is 0.0712. The summed E-state index contributed by atoms with van der Waals surface area (Å²) in [5.41, 5.74) is 0.178. The van der Waals surface area contributed by atoms with Crippen LogP contribution >= 0.6 is 0 Å². The van der Waals surface area contributed by atoms with Crippen LogP contribution in [0.3, 0.4) is 0 Å². The molecule has 0 radical (unpaired) electrons. The zero-order valence-electron chi connectivity index (χ0n) is 6.01. The van der Waals surface area contributed by atoms with E-state index in [0.717, 1.165) is 5.69 Å². The third-order valence-electron chi connectivity index (χ3n) is 2.95. The van der Waals surface area contributed by atoms with Crippen molar-refractivity contribution in [3.63, 3.8) is 0 Å². The summed E-state index contributed by atoms with van der Waals surface area (Å²) >= 11 is 0. The van der Waals surface area contributed by atoms with Gasteiger partial charge in [-0.1, -0.05) is 5.16 Å². The van der Waals surface area contributed by atoms with Crippen LogP contribution in [-0.2, 0) is 5.41 Å². The van der Waals surface area contributed by atoms with Crippen molar-refractivity contribution in [3.05, 3.63) is 18.0 Å². The molecule has 58 valence electrons. The summed E-state index contributed by atoms with van der Waals surface area (Å²) in [6.07, 6.45) is 3.53. The maximum absolute atomic E-state index is 13.0. The van der Waals surface area contributed by atoms with Crippen molar-refractivity contribution in [2.24, 2.45) is 0 Å². The molecule has 1 aromatic rings. The third kappa shape index (κ3) is 0.513. The average Bonchev–Trinajstić information content (AvgIpc) is 2.28. The Kier molecular flexibility index (Phi) is 0.708.